The largest absolute Gasteiger partial charge is 0.480 e. The Morgan fingerprint density at radius 2 is 2.13 bits per heavy atom. The molecule has 0 heterocycles. The van der Waals surface area contributed by atoms with E-state index in [-0.39, 0.29) is 0 Å². The average molecular weight is 340 g/mol. The molecule has 2 N–H and O–H groups in total. The summed E-state index contributed by atoms with van der Waals surface area (Å²) in [7, 11) is 0. The molecule has 1 aromatic carbocycles. The maximum Gasteiger partial charge on any atom is 0.322 e. The van der Waals surface area contributed by atoms with Crippen LogP contribution in [0.5, 0.6) is 0 Å². The normalized spacial score (nSPS) is 9.73. The van der Waals surface area contributed by atoms with Gasteiger partial charge in [-0.15, -0.1) is 0 Å². The van der Waals surface area contributed by atoms with Gasteiger partial charge in [0.15, 0.2) is 0 Å². The molecule has 0 spiro atoms. The molecule has 0 saturated carbocycles. The summed E-state index contributed by atoms with van der Waals surface area (Å²) in [5.41, 5.74) is 0.379. The van der Waals surface area contributed by atoms with Crippen molar-refractivity contribution in [2.75, 3.05) is 6.54 Å². The number of carboxylic acids is 1. The molecular formula is C9H7ClINO3. The molecule has 0 atom stereocenters. The van der Waals surface area contributed by atoms with Gasteiger partial charge in [-0.05, 0) is 40.8 Å². The van der Waals surface area contributed by atoms with Crippen LogP contribution in [-0.2, 0) is 4.79 Å². The van der Waals surface area contributed by atoms with Crippen LogP contribution in [0.2, 0.25) is 5.02 Å². The third kappa shape index (κ3) is 3.67. The average Bonchev–Trinajstić information content (AvgIpc) is 2.18. The number of nitrogens with one attached hydrogen (secondary N) is 1. The molecule has 0 bridgehead atoms. The van der Waals surface area contributed by atoms with Crippen LogP contribution in [0.15, 0.2) is 18.2 Å². The highest BCUT2D eigenvalue weighted by molar-refractivity contribution is 14.1. The quantitative estimate of drug-likeness (QED) is 0.825. The van der Waals surface area contributed by atoms with Crippen LogP contribution in [0.4, 0.5) is 0 Å². The second kappa shape index (κ2) is 5.32. The number of carbonyl (C=O) groups is 2. The molecular weight excluding hydrogens is 332 g/mol. The van der Waals surface area contributed by atoms with Crippen molar-refractivity contribution in [2.45, 2.75) is 0 Å². The van der Waals surface area contributed by atoms with Gasteiger partial charge >= 0.3 is 5.97 Å². The highest BCUT2D eigenvalue weighted by Gasteiger charge is 2.11. The Morgan fingerprint density at radius 1 is 1.47 bits per heavy atom. The first-order chi connectivity index (χ1) is 7.00. The molecule has 15 heavy (non-hydrogen) atoms. The highest BCUT2D eigenvalue weighted by Crippen LogP contribution is 2.17. The molecule has 80 valence electrons. The number of carbonyl (C=O) groups excluding carboxylic acids is 1. The van der Waals surface area contributed by atoms with E-state index in [1.54, 1.807) is 12.1 Å². The Hall–Kier alpha value is -0.820. The number of hydrogen-bond acceptors (Lipinski definition) is 2. The molecule has 1 aromatic rings. The lowest BCUT2D eigenvalue weighted by Gasteiger charge is -2.04. The van der Waals surface area contributed by atoms with Gasteiger partial charge in [-0.1, -0.05) is 11.6 Å². The summed E-state index contributed by atoms with van der Waals surface area (Å²) in [6.45, 7) is -0.401. The van der Waals surface area contributed by atoms with Crippen molar-refractivity contribution in [2.24, 2.45) is 0 Å². The molecule has 0 fully saturated rings. The summed E-state index contributed by atoms with van der Waals surface area (Å²) < 4.78 is 0.722. The number of carboxylic acid groups (broad SMARTS) is 1. The van der Waals surface area contributed by atoms with Gasteiger partial charge in [-0.2, -0.15) is 0 Å². The molecule has 0 aliphatic heterocycles. The maximum atomic E-state index is 11.5. The van der Waals surface area contributed by atoms with Crippen molar-refractivity contribution < 1.29 is 14.7 Å². The molecule has 0 saturated heterocycles. The van der Waals surface area contributed by atoms with Gasteiger partial charge in [-0.3, -0.25) is 9.59 Å². The summed E-state index contributed by atoms with van der Waals surface area (Å²) in [4.78, 5) is 21.7. The van der Waals surface area contributed by atoms with Gasteiger partial charge in [0.25, 0.3) is 5.91 Å². The first kappa shape index (κ1) is 12.3. The van der Waals surface area contributed by atoms with Crippen molar-refractivity contribution in [3.8, 4) is 0 Å². The first-order valence-electron chi connectivity index (χ1n) is 3.95. The Morgan fingerprint density at radius 3 is 2.73 bits per heavy atom. The number of hydrogen-bond donors (Lipinski definition) is 2. The topological polar surface area (TPSA) is 66.4 Å². The van der Waals surface area contributed by atoms with Crippen LogP contribution in [0.1, 0.15) is 10.4 Å². The second-order valence-electron chi connectivity index (χ2n) is 2.70. The minimum atomic E-state index is -1.08. The second-order valence-corrected chi connectivity index (χ2v) is 4.30. The summed E-state index contributed by atoms with van der Waals surface area (Å²) in [6.07, 6.45) is 0. The number of benzene rings is 1. The molecule has 0 aliphatic carbocycles. The van der Waals surface area contributed by atoms with Crippen molar-refractivity contribution in [1.29, 1.82) is 0 Å². The van der Waals surface area contributed by atoms with Crippen LogP contribution >= 0.6 is 34.2 Å². The van der Waals surface area contributed by atoms with Gasteiger partial charge in [0.1, 0.15) is 6.54 Å². The van der Waals surface area contributed by atoms with E-state index < -0.39 is 18.4 Å². The fourth-order valence-corrected chi connectivity index (χ4v) is 1.68. The van der Waals surface area contributed by atoms with Gasteiger partial charge in [-0.25, -0.2) is 0 Å². The smallest absolute Gasteiger partial charge is 0.322 e. The zero-order valence-electron chi connectivity index (χ0n) is 7.46. The van der Waals surface area contributed by atoms with Gasteiger partial charge in [0, 0.05) is 8.59 Å². The lowest BCUT2D eigenvalue weighted by atomic mass is 10.2. The molecule has 4 nitrogen and oxygen atoms in total. The Balaban J connectivity index is 2.81. The van der Waals surface area contributed by atoms with Gasteiger partial charge in [0.2, 0.25) is 0 Å². The van der Waals surface area contributed by atoms with Gasteiger partial charge in [0.05, 0.1) is 5.56 Å². The Kier molecular flexibility index (Phi) is 4.34. The van der Waals surface area contributed by atoms with E-state index in [4.69, 9.17) is 16.7 Å². The van der Waals surface area contributed by atoms with Crippen LogP contribution in [0.3, 0.4) is 0 Å². The molecule has 0 unspecified atom stereocenters. The molecule has 1 amide bonds. The van der Waals surface area contributed by atoms with Crippen molar-refractivity contribution in [3.05, 3.63) is 32.4 Å². The van der Waals surface area contributed by atoms with E-state index >= 15 is 0 Å². The van der Waals surface area contributed by atoms with Crippen molar-refractivity contribution in [1.82, 2.24) is 5.32 Å². The predicted octanol–water partition coefficient (Wildman–Crippen LogP) is 1.76. The first-order valence-corrected chi connectivity index (χ1v) is 5.41. The van der Waals surface area contributed by atoms with E-state index in [0.717, 1.165) is 3.57 Å². The zero-order chi connectivity index (χ0) is 11.4. The zero-order valence-corrected chi connectivity index (χ0v) is 10.4. The third-order valence-electron chi connectivity index (χ3n) is 1.57. The minimum absolute atomic E-state index is 0.379. The van der Waals surface area contributed by atoms with E-state index in [2.05, 4.69) is 5.32 Å². The number of rotatable bonds is 3. The summed E-state index contributed by atoms with van der Waals surface area (Å²) in [5.74, 6) is -1.52. The van der Waals surface area contributed by atoms with E-state index in [0.29, 0.717) is 10.6 Å². The highest BCUT2D eigenvalue weighted by atomic mass is 127. The molecule has 0 aliphatic rings. The number of halogens is 2. The number of amides is 1. The standard InChI is InChI=1S/C9H7ClINO3/c10-5-1-2-7(11)6(3-5)9(15)12-4-8(13)14/h1-3H,4H2,(H,12,15)(H,13,14). The predicted molar refractivity (Wildman–Crippen MR) is 64.1 cm³/mol. The third-order valence-corrected chi connectivity index (χ3v) is 2.75. The molecule has 6 heteroatoms. The molecule has 1 rings (SSSR count). The Labute approximate surface area is 105 Å². The van der Waals surface area contributed by atoms with Crippen LogP contribution in [0, 0.1) is 3.57 Å². The lowest BCUT2D eigenvalue weighted by Crippen LogP contribution is -2.29. The van der Waals surface area contributed by atoms with Crippen LogP contribution in [0.25, 0.3) is 0 Å². The van der Waals surface area contributed by atoms with E-state index in [9.17, 15) is 9.59 Å². The van der Waals surface area contributed by atoms with E-state index in [1.165, 1.54) is 6.07 Å². The number of aliphatic carboxylic acids is 1. The summed E-state index contributed by atoms with van der Waals surface area (Å²) >= 11 is 7.71. The fraction of sp³-hybridized carbons (Fsp3) is 0.111. The van der Waals surface area contributed by atoms with Crippen LogP contribution in [-0.4, -0.2) is 23.5 Å². The van der Waals surface area contributed by atoms with Gasteiger partial charge < -0.3 is 10.4 Å². The monoisotopic (exact) mass is 339 g/mol. The van der Waals surface area contributed by atoms with Crippen molar-refractivity contribution >= 4 is 46.1 Å². The summed E-state index contributed by atoms with van der Waals surface area (Å²) in [6, 6.07) is 4.86. The van der Waals surface area contributed by atoms with E-state index in [1.807, 2.05) is 22.6 Å². The SMILES string of the molecule is O=C(O)CNC(=O)c1cc(Cl)ccc1I. The minimum Gasteiger partial charge on any atom is -0.480 e. The van der Waals surface area contributed by atoms with Crippen LogP contribution < -0.4 is 5.32 Å². The molecule has 0 radical (unpaired) electrons. The fourth-order valence-electron chi connectivity index (χ4n) is 0.923. The van der Waals surface area contributed by atoms with Crippen molar-refractivity contribution in [3.63, 3.8) is 0 Å². The lowest BCUT2D eigenvalue weighted by molar-refractivity contribution is -0.135. The maximum absolute atomic E-state index is 11.5. The molecule has 0 aromatic heterocycles. The summed E-state index contributed by atoms with van der Waals surface area (Å²) in [5, 5.41) is 11.1. The Bertz CT molecular complexity index is 408.